The Bertz CT molecular complexity index is 1530. The standard InChI is InChI=1S/C32H36N6O4/c1-4-41-25-12-5-6-13-26(25)42-24-11-8-16-38(21-24)29-20-33-19-28(36-29)35-27-14-15-34-30(37-27)23-10-7-9-22(17-23)18-32(2,3)31(39)40/h5-7,9-10,12-15,17,19-20,24H,4,8,11,16,18,21H2,1-3H3,(H,39,40)(H,34,35,36,37)/t24-/m1/s1. The molecular formula is C32H36N6O4. The number of benzene rings is 2. The molecule has 0 saturated carbocycles. The van der Waals surface area contributed by atoms with Crippen molar-refractivity contribution in [3.8, 4) is 22.9 Å². The predicted octanol–water partition coefficient (Wildman–Crippen LogP) is 5.78. The van der Waals surface area contributed by atoms with Gasteiger partial charge in [-0.3, -0.25) is 9.78 Å². The van der Waals surface area contributed by atoms with E-state index >= 15 is 0 Å². The number of nitrogens with zero attached hydrogens (tertiary/aromatic N) is 5. The van der Waals surface area contributed by atoms with Crippen LogP contribution in [0.5, 0.6) is 11.5 Å². The van der Waals surface area contributed by atoms with Crippen LogP contribution >= 0.6 is 0 Å². The summed E-state index contributed by atoms with van der Waals surface area (Å²) < 4.78 is 12.1. The SMILES string of the molecule is CCOc1ccccc1O[C@@H]1CCCN(c2cncc(Nc3ccnc(-c4cccc(CC(C)(C)C(=O)O)c4)n3)n2)C1. The molecule has 10 nitrogen and oxygen atoms in total. The Balaban J connectivity index is 1.27. The van der Waals surface area contributed by atoms with Crippen molar-refractivity contribution in [1.29, 1.82) is 0 Å². The number of ether oxygens (including phenoxy) is 2. The van der Waals surface area contributed by atoms with E-state index in [9.17, 15) is 9.90 Å². The lowest BCUT2D eigenvalue weighted by Crippen LogP contribution is -2.41. The summed E-state index contributed by atoms with van der Waals surface area (Å²) in [5.41, 5.74) is 0.842. The summed E-state index contributed by atoms with van der Waals surface area (Å²) in [7, 11) is 0. The third kappa shape index (κ3) is 7.12. The van der Waals surface area contributed by atoms with Gasteiger partial charge < -0.3 is 24.8 Å². The van der Waals surface area contributed by atoms with Crippen molar-refractivity contribution in [2.75, 3.05) is 29.9 Å². The van der Waals surface area contributed by atoms with Crippen molar-refractivity contribution in [2.45, 2.75) is 46.1 Å². The van der Waals surface area contributed by atoms with Crippen molar-refractivity contribution in [1.82, 2.24) is 19.9 Å². The Labute approximate surface area is 245 Å². The molecule has 1 atom stereocenters. The van der Waals surface area contributed by atoms with Gasteiger partial charge in [0.2, 0.25) is 0 Å². The molecule has 2 aromatic heterocycles. The zero-order chi connectivity index (χ0) is 29.5. The van der Waals surface area contributed by atoms with Gasteiger partial charge in [-0.15, -0.1) is 0 Å². The first-order valence-corrected chi connectivity index (χ1v) is 14.2. The Morgan fingerprint density at radius 2 is 1.90 bits per heavy atom. The summed E-state index contributed by atoms with van der Waals surface area (Å²) in [6.45, 7) is 7.53. The van der Waals surface area contributed by atoms with Crippen LogP contribution in [0.25, 0.3) is 11.4 Å². The fraction of sp³-hybridized carbons (Fsp3) is 0.344. The van der Waals surface area contributed by atoms with E-state index in [2.05, 4.69) is 25.2 Å². The highest BCUT2D eigenvalue weighted by Gasteiger charge is 2.27. The molecule has 1 saturated heterocycles. The molecule has 0 radical (unpaired) electrons. The van der Waals surface area contributed by atoms with Gasteiger partial charge in [-0.2, -0.15) is 0 Å². The first kappa shape index (κ1) is 28.8. The number of carbonyl (C=O) groups is 1. The summed E-state index contributed by atoms with van der Waals surface area (Å²) >= 11 is 0. The maximum atomic E-state index is 11.6. The van der Waals surface area contributed by atoms with E-state index in [1.807, 2.05) is 55.5 Å². The van der Waals surface area contributed by atoms with Gasteiger partial charge in [0.25, 0.3) is 0 Å². The Kier molecular flexibility index (Phi) is 8.80. The second kappa shape index (κ2) is 12.8. The zero-order valence-electron chi connectivity index (χ0n) is 24.2. The first-order valence-electron chi connectivity index (χ1n) is 14.2. The highest BCUT2D eigenvalue weighted by Crippen LogP contribution is 2.30. The molecule has 2 N–H and O–H groups in total. The number of piperidine rings is 1. The maximum absolute atomic E-state index is 11.6. The number of hydrogen-bond donors (Lipinski definition) is 2. The van der Waals surface area contributed by atoms with Gasteiger partial charge >= 0.3 is 5.97 Å². The monoisotopic (exact) mass is 568 g/mol. The number of hydrogen-bond acceptors (Lipinski definition) is 9. The quantitative estimate of drug-likeness (QED) is 0.230. The number of aromatic nitrogens is 4. The summed E-state index contributed by atoms with van der Waals surface area (Å²) in [5, 5.41) is 12.8. The lowest BCUT2D eigenvalue weighted by Gasteiger charge is -2.33. The van der Waals surface area contributed by atoms with Gasteiger partial charge in [0.05, 0.1) is 31.0 Å². The predicted molar refractivity (Wildman–Crippen MR) is 161 cm³/mol. The normalized spacial score (nSPS) is 15.2. The number of nitrogens with one attached hydrogen (secondary N) is 1. The van der Waals surface area contributed by atoms with E-state index in [4.69, 9.17) is 14.5 Å². The highest BCUT2D eigenvalue weighted by atomic mass is 16.5. The molecule has 0 spiro atoms. The van der Waals surface area contributed by atoms with Crippen LogP contribution in [-0.2, 0) is 11.2 Å². The number of anilines is 3. The number of rotatable bonds is 11. The second-order valence-corrected chi connectivity index (χ2v) is 10.9. The fourth-order valence-corrected chi connectivity index (χ4v) is 4.92. The Hall–Kier alpha value is -4.73. The molecule has 4 aromatic rings. The van der Waals surface area contributed by atoms with Crippen LogP contribution < -0.4 is 19.7 Å². The van der Waals surface area contributed by atoms with Crippen molar-refractivity contribution < 1.29 is 19.4 Å². The van der Waals surface area contributed by atoms with Gasteiger partial charge in [-0.25, -0.2) is 15.0 Å². The molecule has 0 unspecified atom stereocenters. The van der Waals surface area contributed by atoms with Crippen LogP contribution in [0.15, 0.2) is 73.2 Å². The number of para-hydroxylation sites is 2. The van der Waals surface area contributed by atoms with E-state index in [-0.39, 0.29) is 6.10 Å². The average Bonchev–Trinajstić information content (AvgIpc) is 2.99. The molecule has 0 amide bonds. The van der Waals surface area contributed by atoms with Gasteiger partial charge in [-0.05, 0) is 69.9 Å². The number of carboxylic acid groups (broad SMARTS) is 1. The van der Waals surface area contributed by atoms with Gasteiger partial charge in [0, 0.05) is 18.3 Å². The van der Waals surface area contributed by atoms with Gasteiger partial charge in [0.1, 0.15) is 17.7 Å². The van der Waals surface area contributed by atoms with Crippen LogP contribution in [0.4, 0.5) is 17.5 Å². The third-order valence-corrected chi connectivity index (χ3v) is 7.09. The van der Waals surface area contributed by atoms with Gasteiger partial charge in [0.15, 0.2) is 23.1 Å². The van der Waals surface area contributed by atoms with Crippen molar-refractivity contribution in [3.63, 3.8) is 0 Å². The summed E-state index contributed by atoms with van der Waals surface area (Å²) in [4.78, 5) is 32.1. The molecule has 0 bridgehead atoms. The minimum absolute atomic E-state index is 0.0000288. The molecule has 1 aliphatic heterocycles. The van der Waals surface area contributed by atoms with Crippen LogP contribution in [0.2, 0.25) is 0 Å². The first-order chi connectivity index (χ1) is 20.3. The molecular weight excluding hydrogens is 532 g/mol. The third-order valence-electron chi connectivity index (χ3n) is 7.09. The molecule has 0 aliphatic carbocycles. The average molecular weight is 569 g/mol. The van der Waals surface area contributed by atoms with E-state index in [0.29, 0.717) is 37.0 Å². The smallest absolute Gasteiger partial charge is 0.309 e. The van der Waals surface area contributed by atoms with E-state index in [0.717, 1.165) is 47.8 Å². The van der Waals surface area contributed by atoms with Crippen molar-refractivity contribution >= 4 is 23.4 Å². The second-order valence-electron chi connectivity index (χ2n) is 10.9. The molecule has 10 heteroatoms. The summed E-state index contributed by atoms with van der Waals surface area (Å²) in [6, 6.07) is 17.2. The van der Waals surface area contributed by atoms with Crippen molar-refractivity contribution in [3.05, 3.63) is 78.8 Å². The molecule has 218 valence electrons. The molecule has 3 heterocycles. The van der Waals surface area contributed by atoms with Crippen LogP contribution in [0.1, 0.15) is 39.2 Å². The minimum Gasteiger partial charge on any atom is -0.490 e. The van der Waals surface area contributed by atoms with Crippen LogP contribution in [0, 0.1) is 5.41 Å². The minimum atomic E-state index is -0.874. The molecule has 1 fully saturated rings. The molecule has 42 heavy (non-hydrogen) atoms. The van der Waals surface area contributed by atoms with Crippen LogP contribution in [0.3, 0.4) is 0 Å². The van der Waals surface area contributed by atoms with Gasteiger partial charge in [-0.1, -0.05) is 30.3 Å². The fourth-order valence-electron chi connectivity index (χ4n) is 4.92. The van der Waals surface area contributed by atoms with E-state index in [1.165, 1.54) is 0 Å². The lowest BCUT2D eigenvalue weighted by molar-refractivity contribution is -0.146. The number of carboxylic acids is 1. The highest BCUT2D eigenvalue weighted by molar-refractivity contribution is 5.74. The van der Waals surface area contributed by atoms with E-state index < -0.39 is 11.4 Å². The van der Waals surface area contributed by atoms with Crippen LogP contribution in [-0.4, -0.2) is 56.8 Å². The topological polar surface area (TPSA) is 123 Å². The lowest BCUT2D eigenvalue weighted by atomic mass is 9.85. The Morgan fingerprint density at radius 3 is 2.71 bits per heavy atom. The molecule has 2 aromatic carbocycles. The van der Waals surface area contributed by atoms with E-state index in [1.54, 1.807) is 38.5 Å². The summed E-state index contributed by atoms with van der Waals surface area (Å²) in [6.07, 6.45) is 7.42. The largest absolute Gasteiger partial charge is 0.490 e. The zero-order valence-corrected chi connectivity index (χ0v) is 24.2. The summed E-state index contributed by atoms with van der Waals surface area (Å²) in [5.74, 6) is 3.11. The molecule has 5 rings (SSSR count). The van der Waals surface area contributed by atoms with Crippen molar-refractivity contribution in [2.24, 2.45) is 5.41 Å². The number of aliphatic carboxylic acids is 1. The molecule has 1 aliphatic rings. The maximum Gasteiger partial charge on any atom is 0.309 e. The Morgan fingerprint density at radius 1 is 1.07 bits per heavy atom.